The molecule has 186 valence electrons. The van der Waals surface area contributed by atoms with E-state index in [-0.39, 0.29) is 31.4 Å². The Morgan fingerprint density at radius 2 is 1.71 bits per heavy atom. The van der Waals surface area contributed by atoms with E-state index in [1.807, 2.05) is 0 Å². The van der Waals surface area contributed by atoms with Crippen molar-refractivity contribution in [3.8, 4) is 17.2 Å². The summed E-state index contributed by atoms with van der Waals surface area (Å²) < 4.78 is 96.1. The maximum absolute atomic E-state index is 12.6. The number of hydrogen-bond donors (Lipinski definition) is 2. The number of sulfonamides is 1. The van der Waals surface area contributed by atoms with Gasteiger partial charge >= 0.3 is 12.8 Å². The molecule has 0 aliphatic heterocycles. The molecule has 2 aromatic heterocycles. The summed E-state index contributed by atoms with van der Waals surface area (Å²) in [5.41, 5.74) is 0.547. The monoisotopic (exact) mass is 510 g/mol. The van der Waals surface area contributed by atoms with Crippen molar-refractivity contribution in [2.24, 2.45) is 0 Å². The van der Waals surface area contributed by atoms with Crippen molar-refractivity contribution in [3.05, 3.63) is 48.1 Å². The first-order valence-electron chi connectivity index (χ1n) is 8.90. The molecule has 0 amide bonds. The van der Waals surface area contributed by atoms with Crippen LogP contribution in [0.3, 0.4) is 0 Å². The zero-order valence-electron chi connectivity index (χ0n) is 16.5. The van der Waals surface area contributed by atoms with Crippen LogP contribution in [0.4, 0.5) is 27.9 Å². The molecule has 1 atom stereocenters. The number of hydrogen-bond acceptors (Lipinski definition) is 9. The summed E-state index contributed by atoms with van der Waals surface area (Å²) in [6.45, 7) is -0.190. The highest BCUT2D eigenvalue weighted by Crippen LogP contribution is 2.26. The lowest BCUT2D eigenvalue weighted by Gasteiger charge is -2.20. The van der Waals surface area contributed by atoms with E-state index in [9.17, 15) is 30.4 Å². The Bertz CT molecular complexity index is 1170. The fourth-order valence-corrected chi connectivity index (χ4v) is 2.97. The molecule has 10 nitrogen and oxygen atoms in total. The molecule has 0 saturated carbocycles. The average Bonchev–Trinajstić information content (AvgIpc) is 3.21. The topological polar surface area (TPSA) is 132 Å². The van der Waals surface area contributed by atoms with Crippen molar-refractivity contribution >= 4 is 16.0 Å². The molecule has 0 aliphatic rings. The highest BCUT2D eigenvalue weighted by molar-refractivity contribution is 7.88. The lowest BCUT2D eigenvalue weighted by Crippen LogP contribution is -2.31. The number of nitrogens with one attached hydrogen (secondary N) is 2. The van der Waals surface area contributed by atoms with E-state index in [1.165, 1.54) is 24.5 Å². The van der Waals surface area contributed by atoms with Gasteiger partial charge in [-0.2, -0.15) is 8.78 Å². The minimum atomic E-state index is -4.86. The third-order valence-electron chi connectivity index (χ3n) is 3.90. The van der Waals surface area contributed by atoms with Gasteiger partial charge in [0.25, 0.3) is 11.8 Å². The van der Waals surface area contributed by atoms with Gasteiger partial charge in [-0.25, -0.2) is 23.1 Å². The minimum Gasteiger partial charge on any atom is -0.415 e. The highest BCUT2D eigenvalue weighted by Gasteiger charge is 2.31. The molecule has 34 heavy (non-hydrogen) atoms. The quantitative estimate of drug-likeness (QED) is 0.414. The van der Waals surface area contributed by atoms with Crippen LogP contribution in [0, 0.1) is 0 Å². The van der Waals surface area contributed by atoms with Gasteiger partial charge in [0.15, 0.2) is 0 Å². The number of aromatic nitrogens is 4. The summed E-state index contributed by atoms with van der Waals surface area (Å²) in [6, 6.07) is 3.96. The van der Waals surface area contributed by atoms with Crippen LogP contribution in [-0.2, 0) is 10.0 Å². The second-order valence-corrected chi connectivity index (χ2v) is 8.31. The zero-order valence-corrected chi connectivity index (χ0v) is 17.4. The zero-order chi connectivity index (χ0) is 24.2. The number of benzene rings is 1. The predicted molar refractivity (Wildman–Crippen MR) is 109 cm³/mol. The number of nitrogens with zero attached hydrogens (tertiary/aromatic N) is 4. The summed E-state index contributed by atoms with van der Waals surface area (Å²) in [7, 11) is -3.59. The standard InChI is InChI=1S/C17H15F5N6O4S.CH4/c1-33(29,30)25-8-12(9-2-4-11(5-3-9)32-17(20,21)22)26-16-23-6-10(7-24-16)14-27-28-15(31-14)13(18)19;/h2-7,12-13,25H,8H2,1H3,(H,23,24,26);1H4. The largest absolute Gasteiger partial charge is 0.573 e. The van der Waals surface area contributed by atoms with Gasteiger partial charge in [0.05, 0.1) is 17.9 Å². The van der Waals surface area contributed by atoms with Crippen molar-refractivity contribution < 1.29 is 39.5 Å². The average molecular weight is 510 g/mol. The first-order chi connectivity index (χ1) is 15.4. The van der Waals surface area contributed by atoms with E-state index in [0.717, 1.165) is 18.4 Å². The van der Waals surface area contributed by atoms with Gasteiger partial charge in [0.2, 0.25) is 16.0 Å². The Hall–Kier alpha value is -3.40. The van der Waals surface area contributed by atoms with E-state index in [4.69, 9.17) is 4.42 Å². The fourth-order valence-electron chi connectivity index (χ4n) is 2.50. The molecule has 0 radical (unpaired) electrons. The van der Waals surface area contributed by atoms with Gasteiger partial charge in [-0.05, 0) is 17.7 Å². The second-order valence-electron chi connectivity index (χ2n) is 6.48. The summed E-state index contributed by atoms with van der Waals surface area (Å²) >= 11 is 0. The van der Waals surface area contributed by atoms with Gasteiger partial charge in [-0.1, -0.05) is 19.6 Å². The molecule has 1 aromatic carbocycles. The highest BCUT2D eigenvalue weighted by atomic mass is 32.2. The molecule has 2 heterocycles. The molecule has 3 aromatic rings. The SMILES string of the molecule is C.CS(=O)(=O)NCC(Nc1ncc(-c2nnc(C(F)F)o2)cn1)c1ccc(OC(F)(F)F)cc1. The van der Waals surface area contributed by atoms with E-state index >= 15 is 0 Å². The molecule has 0 aliphatic carbocycles. The second kappa shape index (κ2) is 10.7. The summed E-state index contributed by atoms with van der Waals surface area (Å²) in [5, 5.41) is 9.50. The van der Waals surface area contributed by atoms with E-state index < -0.39 is 40.5 Å². The molecular weight excluding hydrogens is 491 g/mol. The Balaban J connectivity index is 0.00000408. The van der Waals surface area contributed by atoms with Crippen molar-refractivity contribution in [2.75, 3.05) is 18.1 Å². The van der Waals surface area contributed by atoms with Crippen molar-refractivity contribution in [2.45, 2.75) is 26.3 Å². The van der Waals surface area contributed by atoms with Crippen LogP contribution >= 0.6 is 0 Å². The lowest BCUT2D eigenvalue weighted by molar-refractivity contribution is -0.274. The van der Waals surface area contributed by atoms with Crippen LogP contribution < -0.4 is 14.8 Å². The molecule has 3 rings (SSSR count). The molecule has 16 heteroatoms. The minimum absolute atomic E-state index is 0. The van der Waals surface area contributed by atoms with Crippen molar-refractivity contribution in [3.63, 3.8) is 0 Å². The normalized spacial score (nSPS) is 12.8. The van der Waals surface area contributed by atoms with Gasteiger partial charge in [-0.3, -0.25) is 0 Å². The van der Waals surface area contributed by atoms with Crippen LogP contribution in [0.1, 0.15) is 31.3 Å². The Morgan fingerprint density at radius 3 is 2.21 bits per heavy atom. The third-order valence-corrected chi connectivity index (χ3v) is 4.59. The maximum atomic E-state index is 12.6. The van der Waals surface area contributed by atoms with Gasteiger partial charge in [0, 0.05) is 18.9 Å². The van der Waals surface area contributed by atoms with Gasteiger partial charge in [-0.15, -0.1) is 23.4 Å². The van der Waals surface area contributed by atoms with Crippen molar-refractivity contribution in [1.82, 2.24) is 24.9 Å². The third kappa shape index (κ3) is 7.87. The molecule has 0 bridgehead atoms. The Labute approximate surface area is 190 Å². The lowest BCUT2D eigenvalue weighted by atomic mass is 10.1. The van der Waals surface area contributed by atoms with Gasteiger partial charge < -0.3 is 14.5 Å². The molecule has 0 saturated heterocycles. The van der Waals surface area contributed by atoms with Crippen LogP contribution in [0.25, 0.3) is 11.5 Å². The number of rotatable bonds is 9. The Kier molecular flexibility index (Phi) is 8.44. The number of anilines is 1. The van der Waals surface area contributed by atoms with E-state index in [1.54, 1.807) is 0 Å². The summed E-state index contributed by atoms with van der Waals surface area (Å²) in [4.78, 5) is 7.99. The molecule has 0 fully saturated rings. The van der Waals surface area contributed by atoms with Crippen LogP contribution in [0.2, 0.25) is 0 Å². The molecule has 2 N–H and O–H groups in total. The predicted octanol–water partition coefficient (Wildman–Crippen LogP) is 3.70. The molecule has 0 spiro atoms. The van der Waals surface area contributed by atoms with Crippen LogP contribution in [0.15, 0.2) is 41.1 Å². The van der Waals surface area contributed by atoms with Crippen LogP contribution in [0.5, 0.6) is 5.75 Å². The first-order valence-corrected chi connectivity index (χ1v) is 10.8. The van der Waals surface area contributed by atoms with E-state index in [2.05, 4.69) is 34.9 Å². The number of ether oxygens (including phenoxy) is 1. The number of halogens is 5. The summed E-state index contributed by atoms with van der Waals surface area (Å²) in [5.74, 6) is -1.54. The Morgan fingerprint density at radius 1 is 1.09 bits per heavy atom. The smallest absolute Gasteiger partial charge is 0.415 e. The first kappa shape index (κ1) is 26.8. The fraction of sp³-hybridized carbons (Fsp3) is 0.333. The molecule has 1 unspecified atom stereocenters. The maximum Gasteiger partial charge on any atom is 0.573 e. The van der Waals surface area contributed by atoms with Crippen molar-refractivity contribution in [1.29, 1.82) is 0 Å². The summed E-state index contributed by atoms with van der Waals surface area (Å²) in [6.07, 6.45) is -4.45. The van der Waals surface area contributed by atoms with E-state index in [0.29, 0.717) is 5.56 Å². The number of alkyl halides is 5. The van der Waals surface area contributed by atoms with Crippen LogP contribution in [-0.4, -0.2) is 47.7 Å². The van der Waals surface area contributed by atoms with Gasteiger partial charge in [0.1, 0.15) is 5.75 Å². The molecular formula is C18H19F5N6O4S.